The van der Waals surface area contributed by atoms with E-state index in [9.17, 15) is 0 Å². The van der Waals surface area contributed by atoms with Gasteiger partial charge >= 0.3 is 0 Å². The van der Waals surface area contributed by atoms with Gasteiger partial charge in [-0.05, 0) is 181 Å². The maximum atomic E-state index is 2.66. The standard InChI is InChI=1S/C66H58N2/c1-3-19-49(20-4-1)65-61-37-35-59(67(55-31-27-45-15-7-11-23-51(45)39-55)56-32-28-46-16-8-12-24-52(46)40-56)43-63(61)66(50-21-5-2-6-22-50)64-44-60(36-38-62(64)65)68(57-33-29-47-17-9-13-25-53(47)41-57)58-34-30-48-18-10-14-26-54(48)42-58/h7-18,23-41,43-44,49-50,58H,1-6,19-22,42H2. The maximum absolute atomic E-state index is 2.66. The number of anilines is 5. The van der Waals surface area contributed by atoms with Crippen LogP contribution in [0.2, 0.25) is 0 Å². The molecule has 0 heterocycles. The van der Waals surface area contributed by atoms with E-state index in [1.807, 2.05) is 0 Å². The minimum absolute atomic E-state index is 0.170. The molecule has 0 bridgehead atoms. The Kier molecular flexibility index (Phi) is 10.6. The van der Waals surface area contributed by atoms with E-state index in [-0.39, 0.29) is 6.04 Å². The summed E-state index contributed by atoms with van der Waals surface area (Å²) in [5.74, 6) is 1.03. The highest BCUT2D eigenvalue weighted by atomic mass is 15.2. The topological polar surface area (TPSA) is 6.48 Å². The zero-order valence-electron chi connectivity index (χ0n) is 39.0. The third kappa shape index (κ3) is 7.42. The van der Waals surface area contributed by atoms with Crippen LogP contribution in [-0.2, 0) is 6.42 Å². The summed E-state index contributed by atoms with van der Waals surface area (Å²) in [7, 11) is 0. The average Bonchev–Trinajstić information content (AvgIpc) is 3.40. The summed E-state index contributed by atoms with van der Waals surface area (Å²) < 4.78 is 0. The first-order chi connectivity index (χ1) is 33.7. The number of hydrogen-bond donors (Lipinski definition) is 0. The molecular formula is C66H58N2. The summed E-state index contributed by atoms with van der Waals surface area (Å²) in [5.41, 5.74) is 12.0. The smallest absolute Gasteiger partial charge is 0.0566 e. The summed E-state index contributed by atoms with van der Waals surface area (Å²) in [6.45, 7) is 0. The first-order valence-corrected chi connectivity index (χ1v) is 25.6. The lowest BCUT2D eigenvalue weighted by Crippen LogP contribution is -2.33. The minimum Gasteiger partial charge on any atom is -0.334 e. The SMILES string of the molecule is C1=CC(N(c2ccc3ccccc3c2)c2ccc3c(C4CCCCC4)c4ccc(N(c5ccc6ccccc6c5)c5ccc6ccccc6c5)cc4c(C4CCCCC4)c3c2)Cc2ccccc21. The maximum Gasteiger partial charge on any atom is 0.0566 e. The first-order valence-electron chi connectivity index (χ1n) is 25.6. The molecule has 1 atom stereocenters. The molecular weight excluding hydrogens is 821 g/mol. The van der Waals surface area contributed by atoms with Crippen molar-refractivity contribution >= 4 is 88.4 Å². The Balaban J connectivity index is 1.07. The van der Waals surface area contributed by atoms with Gasteiger partial charge in [-0.25, -0.2) is 0 Å². The lowest BCUT2D eigenvalue weighted by Gasteiger charge is -2.36. The molecule has 0 radical (unpaired) electrons. The molecule has 68 heavy (non-hydrogen) atoms. The Morgan fingerprint density at radius 3 is 1.32 bits per heavy atom. The van der Waals surface area contributed by atoms with Crippen LogP contribution in [0.25, 0.3) is 59.9 Å². The van der Waals surface area contributed by atoms with Crippen molar-refractivity contribution < 1.29 is 0 Å². The third-order valence-corrected chi connectivity index (χ3v) is 16.0. The Bertz CT molecular complexity index is 3470. The van der Waals surface area contributed by atoms with Crippen molar-refractivity contribution in [3.8, 4) is 0 Å². The van der Waals surface area contributed by atoms with Crippen molar-refractivity contribution in [3.63, 3.8) is 0 Å². The van der Waals surface area contributed by atoms with Crippen LogP contribution < -0.4 is 9.80 Å². The number of rotatable bonds is 8. The number of fused-ring (bicyclic) bond motifs is 6. The van der Waals surface area contributed by atoms with Crippen LogP contribution >= 0.6 is 0 Å². The zero-order valence-corrected chi connectivity index (χ0v) is 39.0. The van der Waals surface area contributed by atoms with E-state index in [1.54, 1.807) is 11.1 Å². The molecule has 2 saturated carbocycles. The van der Waals surface area contributed by atoms with Gasteiger partial charge in [0.15, 0.2) is 0 Å². The molecule has 0 saturated heterocycles. The van der Waals surface area contributed by atoms with Gasteiger partial charge in [0.05, 0.1) is 6.04 Å². The molecule has 0 aromatic heterocycles. The summed E-state index contributed by atoms with van der Waals surface area (Å²) >= 11 is 0. The van der Waals surface area contributed by atoms with Gasteiger partial charge in [-0.3, -0.25) is 0 Å². The van der Waals surface area contributed by atoms with E-state index in [2.05, 4.69) is 210 Å². The number of nitrogens with zero attached hydrogens (tertiary/aromatic N) is 2. The lowest BCUT2D eigenvalue weighted by molar-refractivity contribution is 0.445. The fraction of sp³-hybridized carbons (Fsp3) is 0.212. The van der Waals surface area contributed by atoms with Gasteiger partial charge in [-0.1, -0.05) is 178 Å². The van der Waals surface area contributed by atoms with Crippen molar-refractivity contribution in [2.45, 2.75) is 88.5 Å². The minimum atomic E-state index is 0.170. The second-order valence-electron chi connectivity index (χ2n) is 20.1. The molecule has 0 amide bonds. The molecule has 3 aliphatic rings. The summed E-state index contributed by atoms with van der Waals surface area (Å²) in [4.78, 5) is 5.18. The van der Waals surface area contributed by atoms with E-state index >= 15 is 0 Å². The van der Waals surface area contributed by atoms with Crippen LogP contribution in [0.15, 0.2) is 194 Å². The molecule has 0 N–H and O–H groups in total. The Labute approximate surface area is 401 Å². The molecule has 1 unspecified atom stereocenters. The fourth-order valence-corrected chi connectivity index (χ4v) is 12.7. The van der Waals surface area contributed by atoms with Crippen LogP contribution in [0.1, 0.15) is 98.3 Å². The molecule has 13 rings (SSSR count). The third-order valence-electron chi connectivity index (χ3n) is 16.0. The van der Waals surface area contributed by atoms with Crippen LogP contribution in [0.4, 0.5) is 28.4 Å². The normalized spacial score (nSPS) is 16.7. The molecule has 0 spiro atoms. The molecule has 0 aliphatic heterocycles. The number of benzene rings is 10. The van der Waals surface area contributed by atoms with E-state index in [1.165, 1.54) is 158 Å². The molecule has 2 fully saturated rings. The quantitative estimate of drug-likeness (QED) is 0.140. The van der Waals surface area contributed by atoms with Crippen molar-refractivity contribution in [2.75, 3.05) is 9.80 Å². The molecule has 10 aromatic rings. The lowest BCUT2D eigenvalue weighted by atomic mass is 9.74. The fourth-order valence-electron chi connectivity index (χ4n) is 12.7. The van der Waals surface area contributed by atoms with Crippen LogP contribution in [0, 0.1) is 0 Å². The second kappa shape index (κ2) is 17.5. The van der Waals surface area contributed by atoms with Gasteiger partial charge in [0.1, 0.15) is 0 Å². The zero-order chi connectivity index (χ0) is 45.0. The average molecular weight is 879 g/mol. The van der Waals surface area contributed by atoms with Gasteiger partial charge in [0.2, 0.25) is 0 Å². The largest absolute Gasteiger partial charge is 0.334 e. The van der Waals surface area contributed by atoms with Crippen molar-refractivity contribution in [3.05, 3.63) is 216 Å². The highest BCUT2D eigenvalue weighted by molar-refractivity contribution is 6.09. The summed E-state index contributed by atoms with van der Waals surface area (Å²) in [6, 6.07) is 71.9. The van der Waals surface area contributed by atoms with Gasteiger partial charge in [0.25, 0.3) is 0 Å². The Morgan fingerprint density at radius 1 is 0.338 bits per heavy atom. The van der Waals surface area contributed by atoms with Gasteiger partial charge in [-0.15, -0.1) is 0 Å². The predicted octanol–water partition coefficient (Wildman–Crippen LogP) is 18.8. The van der Waals surface area contributed by atoms with E-state index in [0.29, 0.717) is 11.8 Å². The predicted molar refractivity (Wildman–Crippen MR) is 292 cm³/mol. The van der Waals surface area contributed by atoms with E-state index < -0.39 is 0 Å². The van der Waals surface area contributed by atoms with Crippen molar-refractivity contribution in [1.82, 2.24) is 0 Å². The Morgan fingerprint density at radius 2 is 0.750 bits per heavy atom. The number of hydrogen-bond acceptors (Lipinski definition) is 2. The van der Waals surface area contributed by atoms with Crippen LogP contribution in [0.5, 0.6) is 0 Å². The van der Waals surface area contributed by atoms with Crippen LogP contribution in [0.3, 0.4) is 0 Å². The van der Waals surface area contributed by atoms with Gasteiger partial charge < -0.3 is 9.80 Å². The highest BCUT2D eigenvalue weighted by Crippen LogP contribution is 2.50. The Hall–Kier alpha value is -7.16. The molecule has 2 heteroatoms. The molecule has 2 nitrogen and oxygen atoms in total. The van der Waals surface area contributed by atoms with Crippen molar-refractivity contribution in [1.29, 1.82) is 0 Å². The summed E-state index contributed by atoms with van der Waals surface area (Å²) in [5, 5.41) is 13.5. The monoisotopic (exact) mass is 878 g/mol. The molecule has 3 aliphatic carbocycles. The van der Waals surface area contributed by atoms with Crippen LogP contribution in [-0.4, -0.2) is 6.04 Å². The molecule has 332 valence electrons. The summed E-state index contributed by atoms with van der Waals surface area (Å²) in [6.07, 6.45) is 18.6. The van der Waals surface area contributed by atoms with Gasteiger partial charge in [0, 0.05) is 28.4 Å². The van der Waals surface area contributed by atoms with Crippen molar-refractivity contribution in [2.24, 2.45) is 0 Å². The van der Waals surface area contributed by atoms with Gasteiger partial charge in [-0.2, -0.15) is 0 Å². The second-order valence-corrected chi connectivity index (χ2v) is 20.1. The van der Waals surface area contributed by atoms with E-state index in [4.69, 9.17) is 0 Å². The van der Waals surface area contributed by atoms with E-state index in [0.717, 1.165) is 6.42 Å². The highest BCUT2D eigenvalue weighted by Gasteiger charge is 2.30. The first kappa shape index (κ1) is 41.1. The molecule has 10 aromatic carbocycles.